The Hall–Kier alpha value is -7.01. The molecule has 2 fully saturated rings. The third-order valence-corrected chi connectivity index (χ3v) is 10.4. The van der Waals surface area contributed by atoms with Gasteiger partial charge in [0.2, 0.25) is 5.91 Å². The molecule has 8 rings (SSSR count). The molecule has 2 aliphatic rings. The molecular weight excluding hydrogens is 711 g/mol. The highest BCUT2D eigenvalue weighted by Gasteiger charge is 2.30. The number of benzene rings is 3. The molecule has 14 heteroatoms. The number of hydrogen-bond acceptors (Lipinski definition) is 11. The molecule has 2 saturated heterocycles. The van der Waals surface area contributed by atoms with Gasteiger partial charge in [0.1, 0.15) is 6.04 Å². The molecule has 6 aromatic rings. The number of aryl methyl sites for hydroxylation is 1. The summed E-state index contributed by atoms with van der Waals surface area (Å²) in [6, 6.07) is 25.0. The summed E-state index contributed by atoms with van der Waals surface area (Å²) in [4.78, 5) is 61.8. The van der Waals surface area contributed by atoms with E-state index in [9.17, 15) is 24.4 Å². The molecule has 2 amide bonds. The predicted octanol–water partition coefficient (Wildman–Crippen LogP) is 4.58. The average Bonchev–Trinajstić information content (AvgIpc) is 3.23. The summed E-state index contributed by atoms with van der Waals surface area (Å²) in [6.07, 6.45) is 5.53. The Morgan fingerprint density at radius 2 is 1.64 bits per heavy atom. The molecule has 280 valence electrons. The van der Waals surface area contributed by atoms with Gasteiger partial charge in [-0.2, -0.15) is 15.5 Å². The average molecular weight is 748 g/mol. The third-order valence-electron chi connectivity index (χ3n) is 10.4. The quantitative estimate of drug-likeness (QED) is 0.205. The monoisotopic (exact) mass is 747 g/mol. The topological polar surface area (TPSA) is 178 Å². The van der Waals surface area contributed by atoms with Crippen LogP contribution in [0, 0.1) is 24.2 Å². The van der Waals surface area contributed by atoms with E-state index in [4.69, 9.17) is 4.74 Å². The SMILES string of the molecule is Cc1nn(C2CCC(=O)NC2=O)c(=O)c2cc(N3CCC(COc4cnc(-c5cccc(Cn6nc(-c7cccc(C#N)c7)ccc6=O)c5)nc4)CC3)ccc12. The number of hydrogen-bond donors (Lipinski definition) is 1. The first-order chi connectivity index (χ1) is 27.2. The van der Waals surface area contributed by atoms with Crippen LogP contribution in [0.25, 0.3) is 33.4 Å². The van der Waals surface area contributed by atoms with Crippen LogP contribution in [0.3, 0.4) is 0 Å². The van der Waals surface area contributed by atoms with Crippen molar-refractivity contribution in [3.63, 3.8) is 0 Å². The van der Waals surface area contributed by atoms with Crippen LogP contribution in [0.5, 0.6) is 5.75 Å². The Kier molecular flexibility index (Phi) is 9.89. The number of nitrogens with zero attached hydrogens (tertiary/aromatic N) is 8. The van der Waals surface area contributed by atoms with Crippen molar-refractivity contribution in [3.8, 4) is 34.5 Å². The van der Waals surface area contributed by atoms with E-state index in [0.717, 1.165) is 53.7 Å². The first-order valence-corrected chi connectivity index (χ1v) is 18.5. The molecular formula is C42H37N9O5. The first kappa shape index (κ1) is 36.0. The number of nitriles is 1. The standard InChI is InChI=1S/C42H37N9O5/c1-26-34-9-8-32(20-35(34)42(55)51(47-26)37-11-12-38(52)46-41(37)54)49-16-14-27(15-17-49)25-56-33-22-44-40(45-23-33)31-7-3-5-29(19-31)24-50-39(53)13-10-36(48-50)30-6-2-4-28(18-30)21-43/h2-10,13,18-20,22-23,27,37H,11-12,14-17,24-25H2,1H3,(H,46,52,54). The maximum atomic E-state index is 13.5. The van der Waals surface area contributed by atoms with Gasteiger partial charge in [-0.25, -0.2) is 19.3 Å². The van der Waals surface area contributed by atoms with Gasteiger partial charge in [0.05, 0.1) is 54.0 Å². The van der Waals surface area contributed by atoms with Gasteiger partial charge in [0.25, 0.3) is 17.0 Å². The van der Waals surface area contributed by atoms with Crippen molar-refractivity contribution < 1.29 is 14.3 Å². The van der Waals surface area contributed by atoms with Crippen molar-refractivity contribution in [1.29, 1.82) is 5.26 Å². The van der Waals surface area contributed by atoms with Crippen LogP contribution >= 0.6 is 0 Å². The fourth-order valence-corrected chi connectivity index (χ4v) is 7.29. The lowest BCUT2D eigenvalue weighted by Crippen LogP contribution is -2.45. The largest absolute Gasteiger partial charge is 0.490 e. The smallest absolute Gasteiger partial charge is 0.275 e. The normalized spacial score (nSPS) is 16.1. The van der Waals surface area contributed by atoms with Crippen molar-refractivity contribution in [2.45, 2.75) is 45.2 Å². The van der Waals surface area contributed by atoms with Crippen LogP contribution in [-0.4, -0.2) is 61.0 Å². The molecule has 2 aliphatic heterocycles. The number of carbonyl (C=O) groups is 2. The molecule has 0 saturated carbocycles. The second-order valence-corrected chi connectivity index (χ2v) is 14.1. The zero-order valence-electron chi connectivity index (χ0n) is 30.6. The maximum Gasteiger partial charge on any atom is 0.275 e. The summed E-state index contributed by atoms with van der Waals surface area (Å²) in [5, 5.41) is 21.8. The minimum Gasteiger partial charge on any atom is -0.490 e. The lowest BCUT2D eigenvalue weighted by atomic mass is 9.97. The highest BCUT2D eigenvalue weighted by molar-refractivity contribution is 5.99. The minimum atomic E-state index is -0.816. The summed E-state index contributed by atoms with van der Waals surface area (Å²) in [5.41, 5.74) is 4.52. The molecule has 1 N–H and O–H groups in total. The number of carbonyl (C=O) groups excluding carboxylic acids is 2. The molecule has 3 aromatic heterocycles. The van der Waals surface area contributed by atoms with Crippen LogP contribution in [-0.2, 0) is 16.1 Å². The molecule has 3 aromatic carbocycles. The Morgan fingerprint density at radius 3 is 2.43 bits per heavy atom. The van der Waals surface area contributed by atoms with Crippen molar-refractivity contribution >= 4 is 28.3 Å². The van der Waals surface area contributed by atoms with Gasteiger partial charge in [-0.05, 0) is 74.1 Å². The van der Waals surface area contributed by atoms with Crippen LogP contribution in [0.4, 0.5) is 5.69 Å². The summed E-state index contributed by atoms with van der Waals surface area (Å²) in [6.45, 7) is 4.17. The van der Waals surface area contributed by atoms with E-state index in [1.807, 2.05) is 55.5 Å². The number of ether oxygens (including phenoxy) is 1. The molecule has 0 spiro atoms. The fourth-order valence-electron chi connectivity index (χ4n) is 7.29. The van der Waals surface area contributed by atoms with E-state index < -0.39 is 11.9 Å². The number of anilines is 1. The zero-order valence-corrected chi connectivity index (χ0v) is 30.6. The van der Waals surface area contributed by atoms with Crippen LogP contribution in [0.1, 0.15) is 48.5 Å². The molecule has 1 atom stereocenters. The molecule has 0 bridgehead atoms. The number of piperidine rings is 2. The molecule has 1 unspecified atom stereocenters. The van der Waals surface area contributed by atoms with Crippen molar-refractivity contribution in [2.24, 2.45) is 5.92 Å². The molecule has 0 aliphatic carbocycles. The Labute approximate surface area is 321 Å². The molecule has 14 nitrogen and oxygen atoms in total. The van der Waals surface area contributed by atoms with E-state index in [-0.39, 0.29) is 36.4 Å². The summed E-state index contributed by atoms with van der Waals surface area (Å²) < 4.78 is 8.74. The van der Waals surface area contributed by atoms with E-state index in [1.165, 1.54) is 15.4 Å². The lowest BCUT2D eigenvalue weighted by Gasteiger charge is -2.33. The second kappa shape index (κ2) is 15.4. The Balaban J connectivity index is 0.876. The minimum absolute atomic E-state index is 0.164. The van der Waals surface area contributed by atoms with Crippen molar-refractivity contribution in [3.05, 3.63) is 129 Å². The van der Waals surface area contributed by atoms with Crippen molar-refractivity contribution in [1.82, 2.24) is 34.8 Å². The van der Waals surface area contributed by atoms with Crippen molar-refractivity contribution in [2.75, 3.05) is 24.6 Å². The van der Waals surface area contributed by atoms with Gasteiger partial charge in [0.15, 0.2) is 11.6 Å². The van der Waals surface area contributed by atoms with E-state index >= 15 is 0 Å². The van der Waals surface area contributed by atoms with E-state index in [0.29, 0.717) is 46.4 Å². The maximum absolute atomic E-state index is 13.5. The third kappa shape index (κ3) is 7.52. The zero-order chi connectivity index (χ0) is 38.8. The number of amides is 2. The Bertz CT molecular complexity index is 2640. The van der Waals surface area contributed by atoms with Crippen LogP contribution < -0.4 is 26.1 Å². The van der Waals surface area contributed by atoms with Gasteiger partial charge in [0, 0.05) is 47.8 Å². The molecule has 0 radical (unpaired) electrons. The van der Waals surface area contributed by atoms with Gasteiger partial charge < -0.3 is 9.64 Å². The summed E-state index contributed by atoms with van der Waals surface area (Å²) >= 11 is 0. The first-order valence-electron chi connectivity index (χ1n) is 18.5. The highest BCUT2D eigenvalue weighted by Crippen LogP contribution is 2.28. The number of fused-ring (bicyclic) bond motifs is 1. The van der Waals surface area contributed by atoms with Gasteiger partial charge in [-0.1, -0.05) is 36.4 Å². The molecule has 56 heavy (non-hydrogen) atoms. The van der Waals surface area contributed by atoms with Crippen LogP contribution in [0.2, 0.25) is 0 Å². The number of imide groups is 1. The van der Waals surface area contributed by atoms with Gasteiger partial charge in [-0.3, -0.25) is 24.5 Å². The second-order valence-electron chi connectivity index (χ2n) is 14.1. The Morgan fingerprint density at radius 1 is 0.857 bits per heavy atom. The van der Waals surface area contributed by atoms with Gasteiger partial charge in [-0.15, -0.1) is 0 Å². The van der Waals surface area contributed by atoms with E-state index in [2.05, 4.69) is 36.5 Å². The summed E-state index contributed by atoms with van der Waals surface area (Å²) in [7, 11) is 0. The fraction of sp³-hybridized carbons (Fsp3) is 0.262. The summed E-state index contributed by atoms with van der Waals surface area (Å²) in [5.74, 6) is 0.584. The predicted molar refractivity (Wildman–Crippen MR) is 208 cm³/mol. The number of nitrogens with one attached hydrogen (secondary N) is 1. The van der Waals surface area contributed by atoms with Crippen LogP contribution in [0.15, 0.2) is 101 Å². The number of rotatable bonds is 9. The highest BCUT2D eigenvalue weighted by atomic mass is 16.5. The molecule has 5 heterocycles. The van der Waals surface area contributed by atoms with Gasteiger partial charge >= 0.3 is 0 Å². The number of aromatic nitrogens is 6. The lowest BCUT2D eigenvalue weighted by molar-refractivity contribution is -0.136. The van der Waals surface area contributed by atoms with E-state index in [1.54, 1.807) is 36.7 Å².